The van der Waals surface area contributed by atoms with Gasteiger partial charge in [0.25, 0.3) is 0 Å². The highest BCUT2D eigenvalue weighted by atomic mass is 32.2. The predicted molar refractivity (Wildman–Crippen MR) is 82.3 cm³/mol. The van der Waals surface area contributed by atoms with E-state index in [1.165, 1.54) is 30.0 Å². The predicted octanol–water partition coefficient (Wildman–Crippen LogP) is 4.04. The summed E-state index contributed by atoms with van der Waals surface area (Å²) in [6.07, 6.45) is 3.55. The van der Waals surface area contributed by atoms with E-state index < -0.39 is 5.82 Å². The molecule has 0 fully saturated rings. The number of benzene rings is 2. The summed E-state index contributed by atoms with van der Waals surface area (Å²) in [4.78, 5) is 4.20. The molecule has 2 aromatic rings. The van der Waals surface area contributed by atoms with Crippen molar-refractivity contribution >= 4 is 22.6 Å². The molecule has 0 atom stereocenters. The molecule has 2 aromatic carbocycles. The monoisotopic (exact) mass is 301 g/mol. The van der Waals surface area contributed by atoms with Gasteiger partial charge in [-0.25, -0.2) is 9.38 Å². The number of aliphatic imine (C=N–C) groups is 1. The SMILES string of the molecule is CSC(=Nc1cc(F)ccc1Oc1ccccc1)NC#N. The van der Waals surface area contributed by atoms with Crippen molar-refractivity contribution < 1.29 is 9.13 Å². The molecule has 4 nitrogen and oxygen atoms in total. The van der Waals surface area contributed by atoms with Crippen molar-refractivity contribution in [1.29, 1.82) is 5.26 Å². The first-order valence-corrected chi connectivity index (χ1v) is 7.25. The molecule has 0 amide bonds. The van der Waals surface area contributed by atoms with E-state index in [2.05, 4.69) is 10.3 Å². The summed E-state index contributed by atoms with van der Waals surface area (Å²) in [6.45, 7) is 0. The molecule has 0 radical (unpaired) electrons. The van der Waals surface area contributed by atoms with Crippen molar-refractivity contribution in [3.63, 3.8) is 0 Å². The fraction of sp³-hybridized carbons (Fsp3) is 0.0667. The van der Waals surface area contributed by atoms with E-state index in [1.54, 1.807) is 24.6 Å². The van der Waals surface area contributed by atoms with Crippen LogP contribution < -0.4 is 10.1 Å². The van der Waals surface area contributed by atoms with Crippen LogP contribution in [0.25, 0.3) is 0 Å². The summed E-state index contributed by atoms with van der Waals surface area (Å²) >= 11 is 1.25. The van der Waals surface area contributed by atoms with Crippen LogP contribution in [0, 0.1) is 17.3 Å². The zero-order valence-electron chi connectivity index (χ0n) is 11.2. The molecule has 0 bridgehead atoms. The number of nitrogens with one attached hydrogen (secondary N) is 1. The van der Waals surface area contributed by atoms with Gasteiger partial charge in [-0.15, -0.1) is 0 Å². The number of ether oxygens (including phenoxy) is 1. The van der Waals surface area contributed by atoms with Gasteiger partial charge >= 0.3 is 0 Å². The number of rotatable bonds is 3. The summed E-state index contributed by atoms with van der Waals surface area (Å²) in [5.41, 5.74) is 0.311. The Kier molecular flexibility index (Phi) is 5.18. The second-order valence-corrected chi connectivity index (χ2v) is 4.68. The highest BCUT2D eigenvalue weighted by Crippen LogP contribution is 2.32. The molecule has 0 spiro atoms. The summed E-state index contributed by atoms with van der Waals surface area (Å²) in [7, 11) is 0. The van der Waals surface area contributed by atoms with Crippen LogP contribution in [0.5, 0.6) is 11.5 Å². The van der Waals surface area contributed by atoms with E-state index in [-0.39, 0.29) is 0 Å². The first kappa shape index (κ1) is 14.9. The smallest absolute Gasteiger partial charge is 0.183 e. The van der Waals surface area contributed by atoms with Crippen LogP contribution in [0.2, 0.25) is 0 Å². The molecule has 0 aliphatic carbocycles. The van der Waals surface area contributed by atoms with Gasteiger partial charge in [-0.05, 0) is 30.5 Å². The molecule has 0 unspecified atom stereocenters. The average Bonchev–Trinajstić information content (AvgIpc) is 2.50. The third-order valence-corrected chi connectivity index (χ3v) is 3.05. The molecule has 0 aliphatic rings. The number of nitrogens with zero attached hydrogens (tertiary/aromatic N) is 2. The van der Waals surface area contributed by atoms with Gasteiger partial charge in [0.05, 0.1) is 0 Å². The number of hydrogen-bond donors (Lipinski definition) is 1. The van der Waals surface area contributed by atoms with E-state index in [9.17, 15) is 4.39 Å². The quantitative estimate of drug-likeness (QED) is 0.402. The lowest BCUT2D eigenvalue weighted by Crippen LogP contribution is -2.12. The first-order valence-electron chi connectivity index (χ1n) is 6.03. The molecule has 0 heterocycles. The lowest BCUT2D eigenvalue weighted by molar-refractivity contribution is 0.482. The van der Waals surface area contributed by atoms with E-state index in [0.29, 0.717) is 22.4 Å². The molecule has 6 heteroatoms. The third-order valence-electron chi connectivity index (χ3n) is 2.47. The maximum atomic E-state index is 13.4. The van der Waals surface area contributed by atoms with Crippen molar-refractivity contribution in [2.75, 3.05) is 6.26 Å². The van der Waals surface area contributed by atoms with Crippen molar-refractivity contribution in [3.8, 4) is 17.7 Å². The fourth-order valence-corrected chi connectivity index (χ4v) is 1.90. The zero-order valence-corrected chi connectivity index (χ0v) is 12.0. The van der Waals surface area contributed by atoms with Gasteiger partial charge in [0.1, 0.15) is 17.3 Å². The lowest BCUT2D eigenvalue weighted by Gasteiger charge is -2.09. The van der Waals surface area contributed by atoms with Crippen LogP contribution in [0.4, 0.5) is 10.1 Å². The maximum absolute atomic E-state index is 13.4. The second-order valence-electron chi connectivity index (χ2n) is 3.89. The molecule has 0 aromatic heterocycles. The Bertz CT molecular complexity index is 683. The minimum absolute atomic E-state index is 0.311. The lowest BCUT2D eigenvalue weighted by atomic mass is 10.3. The largest absolute Gasteiger partial charge is 0.455 e. The van der Waals surface area contributed by atoms with E-state index in [1.807, 2.05) is 18.2 Å². The molecule has 0 saturated carbocycles. The van der Waals surface area contributed by atoms with Crippen molar-refractivity contribution in [1.82, 2.24) is 5.32 Å². The third kappa shape index (κ3) is 4.23. The van der Waals surface area contributed by atoms with Gasteiger partial charge in [0.2, 0.25) is 0 Å². The standard InChI is InChI=1S/C15H12FN3OS/c1-21-15(18-10-17)19-13-9-11(16)7-8-14(13)20-12-5-3-2-4-6-12/h2-9H,1H3,(H,18,19). The van der Waals surface area contributed by atoms with Gasteiger partial charge < -0.3 is 4.74 Å². The molecule has 0 saturated heterocycles. The van der Waals surface area contributed by atoms with Gasteiger partial charge in [-0.2, -0.15) is 5.26 Å². The summed E-state index contributed by atoms with van der Waals surface area (Å²) in [5.74, 6) is 0.611. The number of hydrogen-bond acceptors (Lipinski definition) is 4. The van der Waals surface area contributed by atoms with Crippen molar-refractivity contribution in [2.45, 2.75) is 0 Å². The summed E-state index contributed by atoms with van der Waals surface area (Å²) in [5, 5.41) is 11.4. The number of amidine groups is 1. The Morgan fingerprint density at radius 1 is 1.29 bits per heavy atom. The maximum Gasteiger partial charge on any atom is 0.183 e. The molecule has 106 valence electrons. The van der Waals surface area contributed by atoms with E-state index in [0.717, 1.165) is 0 Å². The highest BCUT2D eigenvalue weighted by molar-refractivity contribution is 8.13. The van der Waals surface area contributed by atoms with Gasteiger partial charge in [0, 0.05) is 6.07 Å². The number of nitriles is 1. The van der Waals surface area contributed by atoms with Gasteiger partial charge in [-0.1, -0.05) is 30.0 Å². The Morgan fingerprint density at radius 2 is 2.05 bits per heavy atom. The van der Waals surface area contributed by atoms with E-state index in [4.69, 9.17) is 10.00 Å². The van der Waals surface area contributed by atoms with Crippen LogP contribution in [0.15, 0.2) is 53.5 Å². The minimum atomic E-state index is -0.424. The first-order chi connectivity index (χ1) is 10.2. The van der Waals surface area contributed by atoms with Crippen LogP contribution >= 0.6 is 11.8 Å². The Labute approximate surface area is 126 Å². The topological polar surface area (TPSA) is 57.4 Å². The molecule has 1 N–H and O–H groups in total. The van der Waals surface area contributed by atoms with E-state index >= 15 is 0 Å². The highest BCUT2D eigenvalue weighted by Gasteiger charge is 2.07. The van der Waals surface area contributed by atoms with Crippen LogP contribution in [0.1, 0.15) is 0 Å². The summed E-state index contributed by atoms with van der Waals surface area (Å²) in [6, 6.07) is 13.2. The average molecular weight is 301 g/mol. The zero-order chi connectivity index (χ0) is 15.1. The van der Waals surface area contributed by atoms with Crippen molar-refractivity contribution in [2.24, 2.45) is 4.99 Å². The Hall–Kier alpha value is -2.52. The minimum Gasteiger partial charge on any atom is -0.455 e. The summed E-state index contributed by atoms with van der Waals surface area (Å²) < 4.78 is 19.1. The van der Waals surface area contributed by atoms with Gasteiger partial charge in [-0.3, -0.25) is 5.32 Å². The molecular formula is C15H12FN3OS. The normalized spacial score (nSPS) is 10.8. The fourth-order valence-electron chi connectivity index (χ4n) is 1.56. The number of thioether (sulfide) groups is 1. The molecule has 0 aliphatic heterocycles. The molecule has 21 heavy (non-hydrogen) atoms. The molecular weight excluding hydrogens is 289 g/mol. The van der Waals surface area contributed by atoms with Gasteiger partial charge in [0.15, 0.2) is 17.1 Å². The second kappa shape index (κ2) is 7.31. The number of halogens is 1. The molecule has 2 rings (SSSR count). The Balaban J connectivity index is 2.36. The Morgan fingerprint density at radius 3 is 2.71 bits per heavy atom. The van der Waals surface area contributed by atoms with Crippen LogP contribution in [-0.2, 0) is 0 Å². The van der Waals surface area contributed by atoms with Crippen LogP contribution in [0.3, 0.4) is 0 Å². The number of para-hydroxylation sites is 1. The van der Waals surface area contributed by atoms with Crippen molar-refractivity contribution in [3.05, 3.63) is 54.3 Å². The van der Waals surface area contributed by atoms with Crippen LogP contribution in [-0.4, -0.2) is 11.4 Å².